The van der Waals surface area contributed by atoms with Gasteiger partial charge < -0.3 is 20.5 Å². The maximum Gasteiger partial charge on any atom is 0.287 e. The quantitative estimate of drug-likeness (QED) is 0.466. The molecule has 1 aromatic heterocycles. The lowest BCUT2D eigenvalue weighted by Crippen LogP contribution is -2.37. The highest BCUT2D eigenvalue weighted by atomic mass is 19.1. The van der Waals surface area contributed by atoms with E-state index >= 15 is 0 Å². The Hall–Kier alpha value is -3.01. The Labute approximate surface area is 148 Å². The van der Waals surface area contributed by atoms with Crippen molar-refractivity contribution in [3.8, 4) is 5.88 Å². The molecular weight excluding hydrogens is 345 g/mol. The van der Waals surface area contributed by atoms with Crippen molar-refractivity contribution in [2.45, 2.75) is 12.5 Å². The van der Waals surface area contributed by atoms with Crippen LogP contribution in [0.4, 0.5) is 4.39 Å². The van der Waals surface area contributed by atoms with Crippen LogP contribution in [-0.2, 0) is 11.2 Å². The summed E-state index contributed by atoms with van der Waals surface area (Å²) in [6.07, 6.45) is 0.722. The van der Waals surface area contributed by atoms with Crippen LogP contribution in [0.15, 0.2) is 27.8 Å². The second-order valence-corrected chi connectivity index (χ2v) is 5.60. The Morgan fingerprint density at radius 1 is 1.50 bits per heavy atom. The smallest absolute Gasteiger partial charge is 0.287 e. The van der Waals surface area contributed by atoms with Crippen molar-refractivity contribution in [1.29, 1.82) is 0 Å². The van der Waals surface area contributed by atoms with Gasteiger partial charge >= 0.3 is 0 Å². The van der Waals surface area contributed by atoms with Crippen LogP contribution in [0, 0.1) is 5.82 Å². The summed E-state index contributed by atoms with van der Waals surface area (Å²) in [7, 11) is 1.56. The summed E-state index contributed by atoms with van der Waals surface area (Å²) in [5.74, 6) is -0.349. The molecule has 0 radical (unpaired) electrons. The topological polar surface area (TPSA) is 122 Å². The number of aliphatic imine (C=N–C) groups is 1. The van der Waals surface area contributed by atoms with Crippen molar-refractivity contribution in [1.82, 2.24) is 20.9 Å². The summed E-state index contributed by atoms with van der Waals surface area (Å²) >= 11 is 0. The van der Waals surface area contributed by atoms with Gasteiger partial charge in [0, 0.05) is 13.6 Å². The molecule has 3 rings (SSSR count). The van der Waals surface area contributed by atoms with Crippen LogP contribution in [0.2, 0.25) is 0 Å². The number of amides is 1. The van der Waals surface area contributed by atoms with Gasteiger partial charge in [-0.15, -0.1) is 0 Å². The average Bonchev–Trinajstić information content (AvgIpc) is 3.09. The number of halogens is 1. The molecule has 1 heterocycles. The maximum absolute atomic E-state index is 13.4. The number of nitrogens with zero attached hydrogens (tertiary/aromatic N) is 3. The third-order valence-corrected chi connectivity index (χ3v) is 3.90. The largest absolute Gasteiger partial charge is 0.464 e. The Kier molecular flexibility index (Phi) is 5.42. The van der Waals surface area contributed by atoms with E-state index in [1.165, 1.54) is 12.1 Å². The molecule has 0 spiro atoms. The second-order valence-electron chi connectivity index (χ2n) is 5.60. The first-order chi connectivity index (χ1) is 12.6. The third-order valence-electron chi connectivity index (χ3n) is 3.90. The summed E-state index contributed by atoms with van der Waals surface area (Å²) in [4.78, 5) is 15.7. The van der Waals surface area contributed by atoms with Crippen LogP contribution >= 0.6 is 0 Å². The number of hydrogen-bond donors (Lipinski definition) is 3. The molecule has 0 fully saturated rings. The fraction of sp³-hybridized carbons (Fsp3) is 0.375. The number of carbonyl (C=O) groups excluding carboxylic acids is 1. The fourth-order valence-electron chi connectivity index (χ4n) is 2.61. The summed E-state index contributed by atoms with van der Waals surface area (Å²) in [5.41, 5.74) is 2.13. The zero-order valence-electron chi connectivity index (χ0n) is 14.0. The zero-order valence-corrected chi connectivity index (χ0v) is 14.0. The molecule has 10 heteroatoms. The number of amidine groups is 1. The Bertz CT molecular complexity index is 823. The molecule has 3 N–H and O–H groups in total. The highest BCUT2D eigenvalue weighted by Crippen LogP contribution is 2.33. The normalized spacial score (nSPS) is 15.8. The number of benzene rings is 1. The van der Waals surface area contributed by atoms with Gasteiger partial charge in [0.15, 0.2) is 12.4 Å². The number of ether oxygens (including phenoxy) is 1. The first-order valence-electron chi connectivity index (χ1n) is 7.97. The van der Waals surface area contributed by atoms with Crippen LogP contribution in [0.5, 0.6) is 5.88 Å². The van der Waals surface area contributed by atoms with E-state index in [9.17, 15) is 9.18 Å². The van der Waals surface area contributed by atoms with E-state index in [1.54, 1.807) is 13.1 Å². The van der Waals surface area contributed by atoms with Crippen molar-refractivity contribution >= 4 is 11.7 Å². The van der Waals surface area contributed by atoms with Gasteiger partial charge in [0.1, 0.15) is 5.82 Å². The van der Waals surface area contributed by atoms with Crippen molar-refractivity contribution < 1.29 is 23.7 Å². The van der Waals surface area contributed by atoms with Gasteiger partial charge in [-0.25, -0.2) is 9.02 Å². The predicted molar refractivity (Wildman–Crippen MR) is 88.3 cm³/mol. The minimum atomic E-state index is -0.417. The molecule has 1 aliphatic carbocycles. The highest BCUT2D eigenvalue weighted by molar-refractivity contribution is 5.99. The summed E-state index contributed by atoms with van der Waals surface area (Å²) in [5, 5.41) is 21.7. The minimum absolute atomic E-state index is 0.0102. The summed E-state index contributed by atoms with van der Waals surface area (Å²) in [6.45, 7) is -0.342. The minimum Gasteiger partial charge on any atom is -0.464 e. The van der Waals surface area contributed by atoms with Gasteiger partial charge in [0.05, 0.1) is 12.6 Å². The molecule has 0 bridgehead atoms. The number of aliphatic hydroxyl groups excluding tert-OH is 1. The standard InChI is InChI=1S/C16H18FN5O4/c1-18-15(20-12-6-9-2-3-10(17)7-11(9)12)14-16(22-26-21-14)25-8-13(24)19-4-5-23/h2-3,7,12,23H,4-6,8H2,1H3,(H,18,20)(H,19,24)/t12-/m0/s1. The van der Waals surface area contributed by atoms with Gasteiger partial charge in [-0.05, 0) is 40.0 Å². The number of rotatable bonds is 7. The van der Waals surface area contributed by atoms with E-state index in [2.05, 4.69) is 30.6 Å². The molecule has 0 saturated heterocycles. The van der Waals surface area contributed by atoms with Gasteiger partial charge in [-0.3, -0.25) is 9.79 Å². The van der Waals surface area contributed by atoms with Crippen molar-refractivity contribution in [3.05, 3.63) is 40.8 Å². The van der Waals surface area contributed by atoms with Crippen LogP contribution in [0.3, 0.4) is 0 Å². The molecule has 1 amide bonds. The monoisotopic (exact) mass is 363 g/mol. The Morgan fingerprint density at radius 3 is 3.12 bits per heavy atom. The molecule has 0 saturated carbocycles. The van der Waals surface area contributed by atoms with Crippen LogP contribution < -0.4 is 15.4 Å². The lowest BCUT2D eigenvalue weighted by atomic mass is 9.83. The molecule has 9 nitrogen and oxygen atoms in total. The number of fused-ring (bicyclic) bond motifs is 1. The predicted octanol–water partition coefficient (Wildman–Crippen LogP) is -0.0406. The molecule has 0 unspecified atom stereocenters. The molecule has 138 valence electrons. The molecule has 1 atom stereocenters. The summed E-state index contributed by atoms with van der Waals surface area (Å²) in [6, 6.07) is 4.55. The van der Waals surface area contributed by atoms with Gasteiger partial charge in [-0.2, -0.15) is 0 Å². The molecule has 0 aliphatic heterocycles. The Morgan fingerprint density at radius 2 is 2.35 bits per heavy atom. The number of aromatic nitrogens is 2. The number of carbonyl (C=O) groups is 1. The molecule has 26 heavy (non-hydrogen) atoms. The van der Waals surface area contributed by atoms with E-state index in [1.807, 2.05) is 0 Å². The van der Waals surface area contributed by atoms with E-state index in [4.69, 9.17) is 9.84 Å². The van der Waals surface area contributed by atoms with Crippen molar-refractivity contribution in [2.24, 2.45) is 4.99 Å². The fourth-order valence-corrected chi connectivity index (χ4v) is 2.61. The van der Waals surface area contributed by atoms with E-state index in [0.717, 1.165) is 17.5 Å². The molecule has 1 aromatic carbocycles. The number of nitrogens with one attached hydrogen (secondary N) is 2. The van der Waals surface area contributed by atoms with Crippen molar-refractivity contribution in [2.75, 3.05) is 26.8 Å². The lowest BCUT2D eigenvalue weighted by molar-refractivity contribution is -0.123. The maximum atomic E-state index is 13.4. The van der Waals surface area contributed by atoms with Crippen LogP contribution in [0.1, 0.15) is 22.9 Å². The van der Waals surface area contributed by atoms with E-state index in [-0.39, 0.29) is 43.2 Å². The van der Waals surface area contributed by atoms with Crippen LogP contribution in [-0.4, -0.2) is 54.0 Å². The first-order valence-corrected chi connectivity index (χ1v) is 7.97. The first kappa shape index (κ1) is 17.8. The number of aliphatic hydroxyl groups is 1. The molecule has 2 aromatic rings. The number of hydrogen-bond acceptors (Lipinski definition) is 7. The average molecular weight is 363 g/mol. The van der Waals surface area contributed by atoms with E-state index in [0.29, 0.717) is 5.84 Å². The van der Waals surface area contributed by atoms with Gasteiger partial charge in [-0.1, -0.05) is 6.07 Å². The SMILES string of the molecule is CN=C(N[C@H]1Cc2ccc(F)cc21)c1nonc1OCC(=O)NCCO. The molecule has 1 aliphatic rings. The zero-order chi connectivity index (χ0) is 18.5. The van der Waals surface area contributed by atoms with E-state index < -0.39 is 5.91 Å². The highest BCUT2D eigenvalue weighted by Gasteiger charge is 2.29. The van der Waals surface area contributed by atoms with Gasteiger partial charge in [0.25, 0.3) is 11.8 Å². The second kappa shape index (κ2) is 7.91. The lowest BCUT2D eigenvalue weighted by Gasteiger charge is -2.31. The van der Waals surface area contributed by atoms with Crippen molar-refractivity contribution in [3.63, 3.8) is 0 Å². The van der Waals surface area contributed by atoms with Gasteiger partial charge in [0.2, 0.25) is 5.69 Å². The Balaban J connectivity index is 1.65. The molecular formula is C16H18FN5O4. The third kappa shape index (κ3) is 3.80. The summed E-state index contributed by atoms with van der Waals surface area (Å²) < 4.78 is 23.4. The van der Waals surface area contributed by atoms with Crippen LogP contribution in [0.25, 0.3) is 0 Å².